The van der Waals surface area contributed by atoms with E-state index in [1.807, 2.05) is 13.8 Å². The van der Waals surface area contributed by atoms with Crippen molar-refractivity contribution >= 4 is 18.5 Å². The van der Waals surface area contributed by atoms with Crippen LogP contribution >= 0.6 is 12.6 Å². The van der Waals surface area contributed by atoms with Gasteiger partial charge in [0.25, 0.3) is 0 Å². The number of nitrogens with one attached hydrogen (secondary N) is 1. The monoisotopic (exact) mass is 217 g/mol. The van der Waals surface area contributed by atoms with E-state index in [0.29, 0.717) is 12.2 Å². The Morgan fingerprint density at radius 2 is 2.00 bits per heavy atom. The molecule has 0 saturated carbocycles. The number of hydrogen-bond acceptors (Lipinski definition) is 3. The molecule has 1 aliphatic rings. The number of rotatable bonds is 3. The third kappa shape index (κ3) is 3.88. The number of amides is 1. The fourth-order valence-electron chi connectivity index (χ4n) is 1.92. The van der Waals surface area contributed by atoms with Gasteiger partial charge in [0.15, 0.2) is 0 Å². The number of carbonyl (C=O) groups is 1. The van der Waals surface area contributed by atoms with Gasteiger partial charge >= 0.3 is 0 Å². The van der Waals surface area contributed by atoms with Crippen molar-refractivity contribution in [2.45, 2.75) is 51.4 Å². The summed E-state index contributed by atoms with van der Waals surface area (Å²) in [6.07, 6.45) is 2.84. The molecular formula is C10H19NO2S. The van der Waals surface area contributed by atoms with Gasteiger partial charge in [-0.25, -0.2) is 0 Å². The minimum atomic E-state index is 0.103. The Morgan fingerprint density at radius 3 is 2.50 bits per heavy atom. The van der Waals surface area contributed by atoms with Gasteiger partial charge in [0.2, 0.25) is 5.91 Å². The zero-order chi connectivity index (χ0) is 10.6. The first kappa shape index (κ1) is 11.9. The molecule has 3 nitrogen and oxygen atoms in total. The van der Waals surface area contributed by atoms with Crippen molar-refractivity contribution in [1.82, 2.24) is 5.32 Å². The summed E-state index contributed by atoms with van der Waals surface area (Å²) < 4.78 is 5.59. The van der Waals surface area contributed by atoms with Crippen molar-refractivity contribution in [2.24, 2.45) is 0 Å². The summed E-state index contributed by atoms with van der Waals surface area (Å²) in [6, 6.07) is 0.279. The third-order valence-corrected chi connectivity index (χ3v) is 2.63. The fraction of sp³-hybridized carbons (Fsp3) is 0.900. The molecule has 0 radical (unpaired) electrons. The summed E-state index contributed by atoms with van der Waals surface area (Å²) in [4.78, 5) is 11.3. The topological polar surface area (TPSA) is 38.3 Å². The van der Waals surface area contributed by atoms with Crippen LogP contribution in [0.5, 0.6) is 0 Å². The summed E-state index contributed by atoms with van der Waals surface area (Å²) in [5, 5.41) is 3.01. The third-order valence-electron chi connectivity index (χ3n) is 2.40. The lowest BCUT2D eigenvalue weighted by atomic mass is 10.00. The number of hydrogen-bond donors (Lipinski definition) is 2. The van der Waals surface area contributed by atoms with Crippen molar-refractivity contribution in [1.29, 1.82) is 0 Å². The maximum atomic E-state index is 11.3. The molecule has 0 aromatic heterocycles. The molecule has 82 valence electrons. The van der Waals surface area contributed by atoms with Gasteiger partial charge in [0, 0.05) is 12.5 Å². The lowest BCUT2D eigenvalue weighted by Gasteiger charge is -2.32. The van der Waals surface area contributed by atoms with E-state index in [0.717, 1.165) is 12.8 Å². The van der Waals surface area contributed by atoms with E-state index in [9.17, 15) is 4.79 Å². The largest absolute Gasteiger partial charge is 0.375 e. The molecule has 2 unspecified atom stereocenters. The number of ether oxygens (including phenoxy) is 1. The predicted octanol–water partition coefficient (Wildman–Crippen LogP) is 1.38. The molecule has 0 aromatic carbocycles. The molecule has 1 rings (SSSR count). The normalized spacial score (nSPS) is 32.6. The SMILES string of the molecule is CC1CC(NC(=O)CCS)CC(C)O1. The van der Waals surface area contributed by atoms with Gasteiger partial charge in [-0.1, -0.05) is 0 Å². The lowest BCUT2D eigenvalue weighted by molar-refractivity contribution is -0.123. The fourth-order valence-corrected chi connectivity index (χ4v) is 2.13. The Morgan fingerprint density at radius 1 is 1.43 bits per heavy atom. The van der Waals surface area contributed by atoms with Crippen LogP contribution in [-0.4, -0.2) is 29.9 Å². The van der Waals surface area contributed by atoms with Gasteiger partial charge in [-0.3, -0.25) is 4.79 Å². The molecule has 4 heteroatoms. The van der Waals surface area contributed by atoms with E-state index in [1.165, 1.54) is 0 Å². The van der Waals surface area contributed by atoms with Gasteiger partial charge in [0.1, 0.15) is 0 Å². The van der Waals surface area contributed by atoms with Crippen LogP contribution in [0, 0.1) is 0 Å². The minimum Gasteiger partial charge on any atom is -0.375 e. The van der Waals surface area contributed by atoms with Crippen LogP contribution in [0.2, 0.25) is 0 Å². The van der Waals surface area contributed by atoms with Crippen molar-refractivity contribution in [3.05, 3.63) is 0 Å². The highest BCUT2D eigenvalue weighted by atomic mass is 32.1. The van der Waals surface area contributed by atoms with Crippen molar-refractivity contribution in [2.75, 3.05) is 5.75 Å². The van der Waals surface area contributed by atoms with Gasteiger partial charge < -0.3 is 10.1 Å². The molecule has 14 heavy (non-hydrogen) atoms. The molecule has 1 aliphatic heterocycles. The number of thiol groups is 1. The molecule has 0 spiro atoms. The van der Waals surface area contributed by atoms with Gasteiger partial charge in [0.05, 0.1) is 12.2 Å². The second-order valence-electron chi connectivity index (χ2n) is 3.97. The molecular weight excluding hydrogens is 198 g/mol. The standard InChI is InChI=1S/C10H19NO2S/c1-7-5-9(6-8(2)13-7)11-10(12)3-4-14/h7-9,14H,3-6H2,1-2H3,(H,11,12). The molecule has 2 atom stereocenters. The van der Waals surface area contributed by atoms with E-state index in [1.54, 1.807) is 0 Å². The van der Waals surface area contributed by atoms with Crippen LogP contribution in [0.3, 0.4) is 0 Å². The van der Waals surface area contributed by atoms with Crippen LogP contribution in [0.4, 0.5) is 0 Å². The van der Waals surface area contributed by atoms with Crippen LogP contribution in [0.15, 0.2) is 0 Å². The molecule has 0 aliphatic carbocycles. The summed E-state index contributed by atoms with van der Waals surface area (Å²) in [5.74, 6) is 0.714. The van der Waals surface area contributed by atoms with Crippen molar-refractivity contribution in [3.63, 3.8) is 0 Å². The first-order valence-electron chi connectivity index (χ1n) is 5.17. The second-order valence-corrected chi connectivity index (χ2v) is 4.41. The van der Waals surface area contributed by atoms with E-state index in [2.05, 4.69) is 17.9 Å². The average molecular weight is 217 g/mol. The molecule has 1 saturated heterocycles. The minimum absolute atomic E-state index is 0.103. The Kier molecular flexibility index (Phi) is 4.75. The maximum absolute atomic E-state index is 11.3. The highest BCUT2D eigenvalue weighted by molar-refractivity contribution is 7.80. The van der Waals surface area contributed by atoms with Gasteiger partial charge in [-0.2, -0.15) is 12.6 Å². The Balaban J connectivity index is 2.33. The quantitative estimate of drug-likeness (QED) is 0.701. The predicted molar refractivity (Wildman–Crippen MR) is 59.6 cm³/mol. The molecule has 1 heterocycles. The first-order chi connectivity index (χ1) is 6.61. The summed E-state index contributed by atoms with van der Waals surface area (Å²) in [7, 11) is 0. The Bertz CT molecular complexity index is 189. The highest BCUT2D eigenvalue weighted by Crippen LogP contribution is 2.18. The van der Waals surface area contributed by atoms with Crippen molar-refractivity contribution < 1.29 is 9.53 Å². The van der Waals surface area contributed by atoms with Crippen LogP contribution in [0.25, 0.3) is 0 Å². The Hall–Kier alpha value is -0.220. The maximum Gasteiger partial charge on any atom is 0.221 e. The molecule has 1 amide bonds. The average Bonchev–Trinajstić information content (AvgIpc) is 2.01. The number of carbonyl (C=O) groups excluding carboxylic acids is 1. The van der Waals surface area contributed by atoms with Crippen LogP contribution in [0.1, 0.15) is 33.1 Å². The Labute approximate surface area is 91.0 Å². The summed E-state index contributed by atoms with van der Waals surface area (Å²) in [6.45, 7) is 4.10. The summed E-state index contributed by atoms with van der Waals surface area (Å²) >= 11 is 4.03. The zero-order valence-electron chi connectivity index (χ0n) is 8.82. The van der Waals surface area contributed by atoms with Gasteiger partial charge in [-0.15, -0.1) is 0 Å². The molecule has 0 aromatic rings. The second kappa shape index (κ2) is 5.61. The van der Waals surface area contributed by atoms with Gasteiger partial charge in [-0.05, 0) is 32.4 Å². The molecule has 1 fully saturated rings. The van der Waals surface area contributed by atoms with Crippen LogP contribution in [-0.2, 0) is 9.53 Å². The van der Waals surface area contributed by atoms with Crippen LogP contribution < -0.4 is 5.32 Å². The summed E-state index contributed by atoms with van der Waals surface area (Å²) in [5.41, 5.74) is 0. The van der Waals surface area contributed by atoms with E-state index < -0.39 is 0 Å². The van der Waals surface area contributed by atoms with E-state index >= 15 is 0 Å². The lowest BCUT2D eigenvalue weighted by Crippen LogP contribution is -2.43. The van der Waals surface area contributed by atoms with E-state index in [-0.39, 0.29) is 24.2 Å². The zero-order valence-corrected chi connectivity index (χ0v) is 9.72. The van der Waals surface area contributed by atoms with Crippen molar-refractivity contribution in [3.8, 4) is 0 Å². The molecule has 0 bridgehead atoms. The first-order valence-corrected chi connectivity index (χ1v) is 5.80. The molecule has 1 N–H and O–H groups in total. The van der Waals surface area contributed by atoms with E-state index in [4.69, 9.17) is 4.74 Å². The highest BCUT2D eigenvalue weighted by Gasteiger charge is 2.25. The smallest absolute Gasteiger partial charge is 0.221 e.